The number of ether oxygens (including phenoxy) is 1. The van der Waals surface area contributed by atoms with Crippen LogP contribution in [0.3, 0.4) is 0 Å². The second kappa shape index (κ2) is 17.5. The molecule has 1 saturated carbocycles. The van der Waals surface area contributed by atoms with Crippen molar-refractivity contribution in [2.24, 2.45) is 11.8 Å². The maximum Gasteiger partial charge on any atom is 0.163 e. The van der Waals surface area contributed by atoms with E-state index in [1.165, 1.54) is 0 Å². The van der Waals surface area contributed by atoms with E-state index < -0.39 is 29.5 Å². The van der Waals surface area contributed by atoms with Gasteiger partial charge in [0.05, 0.1) is 17.6 Å². The van der Waals surface area contributed by atoms with E-state index in [9.17, 15) is 30.3 Å². The average molecular weight is 836 g/mol. The molecule has 4 aliphatic rings. The maximum absolute atomic E-state index is 15.3. The molecule has 0 saturated heterocycles. The van der Waals surface area contributed by atoms with Crippen molar-refractivity contribution < 1.29 is 39.9 Å². The molecule has 322 valence electrons. The molecule has 4 bridgehead atoms. The van der Waals surface area contributed by atoms with Gasteiger partial charge < -0.3 is 45.6 Å². The minimum absolute atomic E-state index is 0.0423. The molecule has 6 N–H and O–H groups in total. The van der Waals surface area contributed by atoms with Gasteiger partial charge in [0.1, 0.15) is 17.6 Å². The fourth-order valence-corrected chi connectivity index (χ4v) is 10.2. The Morgan fingerprint density at radius 2 is 1.74 bits per heavy atom. The number of aromatic hydroxyl groups is 2. The Morgan fingerprint density at radius 1 is 0.903 bits per heavy atom. The van der Waals surface area contributed by atoms with Crippen LogP contribution < -0.4 is 9.72 Å². The molecule has 0 radical (unpaired) electrons. The van der Waals surface area contributed by atoms with E-state index in [0.29, 0.717) is 53.0 Å². The molecule has 3 aliphatic carbocycles. The molecule has 2 aromatic heterocycles. The number of phenolic OH excluding ortho intramolecular Hbond substituents is 2. The van der Waals surface area contributed by atoms with E-state index in [2.05, 4.69) is 9.97 Å². The Hall–Kier alpha value is -5.88. The number of aromatic nitrogens is 2. The molecular formula is C51H53N3O8-2. The number of nitrogens with zero attached hydrogens (tertiary/aromatic N) is 2. The van der Waals surface area contributed by atoms with Crippen LogP contribution in [0.25, 0.3) is 17.5 Å². The first-order valence-electron chi connectivity index (χ1n) is 21.9. The monoisotopic (exact) mass is 835 g/mol. The van der Waals surface area contributed by atoms with Crippen LogP contribution in [0, 0.1) is 11.8 Å². The van der Waals surface area contributed by atoms with Crippen molar-refractivity contribution in [2.45, 2.75) is 94.4 Å². The SMILES string of the molecule is O=C1CCc2cc(OC3CCCC3)c(O)c(c2)[C@H](O)c2cccc(c2)Cc2cc[nH]c2[N-]CC2=Cc3[n-]ccc3[C@@H](C[C@]3(O)C=Cc4c(O)cccc4CC3)[C@@H]2C(=O)[C@@H]1CCO. The predicted molar refractivity (Wildman–Crippen MR) is 236 cm³/mol. The molecule has 0 unspecified atom stereocenters. The van der Waals surface area contributed by atoms with Gasteiger partial charge >= 0.3 is 0 Å². The molecule has 11 nitrogen and oxygen atoms in total. The van der Waals surface area contributed by atoms with Gasteiger partial charge in [0.25, 0.3) is 0 Å². The number of hydrogen-bond acceptors (Lipinski definition) is 8. The van der Waals surface area contributed by atoms with E-state index in [4.69, 9.17) is 10.1 Å². The summed E-state index contributed by atoms with van der Waals surface area (Å²) in [7, 11) is 0. The lowest BCUT2D eigenvalue weighted by molar-refractivity contribution is -0.135. The van der Waals surface area contributed by atoms with Crippen LogP contribution in [0.4, 0.5) is 5.82 Å². The van der Waals surface area contributed by atoms with Gasteiger partial charge in [-0.25, -0.2) is 0 Å². The van der Waals surface area contributed by atoms with Crippen LogP contribution in [0.15, 0.2) is 90.8 Å². The van der Waals surface area contributed by atoms with Crippen molar-refractivity contribution in [2.75, 3.05) is 13.2 Å². The summed E-state index contributed by atoms with van der Waals surface area (Å²) in [5.74, 6) is -2.48. The van der Waals surface area contributed by atoms with Gasteiger partial charge in [0, 0.05) is 30.1 Å². The largest absolute Gasteiger partial charge is 0.664 e. The maximum atomic E-state index is 15.3. The molecule has 0 amide bonds. The molecule has 11 heteroatoms. The highest BCUT2D eigenvalue weighted by atomic mass is 16.5. The topological polar surface area (TPSA) is 189 Å². The number of phenols is 2. The summed E-state index contributed by atoms with van der Waals surface area (Å²) >= 11 is 0. The third-order valence-electron chi connectivity index (χ3n) is 13.5. The number of aliphatic hydroxyl groups is 3. The van der Waals surface area contributed by atoms with E-state index in [1.807, 2.05) is 54.7 Å². The van der Waals surface area contributed by atoms with Crippen LogP contribution in [0.5, 0.6) is 17.2 Å². The zero-order valence-corrected chi connectivity index (χ0v) is 34.7. The predicted octanol–water partition coefficient (Wildman–Crippen LogP) is 8.04. The third kappa shape index (κ3) is 8.36. The Labute approximate surface area is 361 Å². The number of H-pyrrole nitrogens is 1. The summed E-state index contributed by atoms with van der Waals surface area (Å²) in [6, 6.07) is 20.2. The van der Waals surface area contributed by atoms with Gasteiger partial charge in [0.2, 0.25) is 0 Å². The van der Waals surface area contributed by atoms with Gasteiger partial charge in [-0.2, -0.15) is 6.20 Å². The normalized spacial score (nSPS) is 24.3. The molecule has 3 aromatic carbocycles. The number of ketones is 2. The first-order valence-corrected chi connectivity index (χ1v) is 21.9. The summed E-state index contributed by atoms with van der Waals surface area (Å²) in [5.41, 5.74) is 5.63. The van der Waals surface area contributed by atoms with E-state index in [-0.39, 0.29) is 79.3 Å². The lowest BCUT2D eigenvalue weighted by Crippen LogP contribution is -2.40. The standard InChI is InChI=1S/C51H53N3O8/c55-22-17-39-44(57)12-11-31-25-40(48(59)45(26-31)62-36-8-1-2-9-36)47(58)33-7-3-5-30(23-33)24-34-15-20-53-50(34)54-29-35-27-42-38(16-21-52-42)41(46(35)49(39)60)28-51(61)18-13-32-6-4-10-43(56)37(32)14-19-51/h3-7,10,14-16,19-21,23,25-27,36,39,41,46-47,53,55-56,58-59,61H,1-2,8-9,11-13,17-18,22,24,28-29H2/q-2/t39-,41-,46-,47-,51-/m1/s1. The fourth-order valence-electron chi connectivity index (χ4n) is 10.2. The van der Waals surface area contributed by atoms with Crippen molar-refractivity contribution in [3.63, 3.8) is 0 Å². The van der Waals surface area contributed by atoms with Crippen molar-refractivity contribution in [3.8, 4) is 17.2 Å². The molecular weight excluding hydrogens is 783 g/mol. The fraction of sp³-hybridized carbons (Fsp3) is 0.373. The number of rotatable bonds is 6. The lowest BCUT2D eigenvalue weighted by atomic mass is 9.67. The zero-order valence-electron chi connectivity index (χ0n) is 34.7. The number of aryl methyl sites for hydroxylation is 2. The van der Waals surface area contributed by atoms with Gasteiger partial charge in [-0.3, -0.25) is 9.59 Å². The van der Waals surface area contributed by atoms with Crippen LogP contribution >= 0.6 is 0 Å². The number of fused-ring (bicyclic) bond motifs is 8. The van der Waals surface area contributed by atoms with Gasteiger partial charge in [-0.15, -0.1) is 5.69 Å². The first kappa shape index (κ1) is 41.5. The number of hydrogen-bond donors (Lipinski definition) is 6. The van der Waals surface area contributed by atoms with Crippen LogP contribution in [0.1, 0.15) is 114 Å². The number of carbonyl (C=O) groups excluding carboxylic acids is 2. The Kier molecular flexibility index (Phi) is 11.7. The number of carbonyl (C=O) groups is 2. The molecule has 9 rings (SSSR count). The summed E-state index contributed by atoms with van der Waals surface area (Å²) in [4.78, 5) is 37.8. The lowest BCUT2D eigenvalue weighted by Gasteiger charge is -2.40. The molecule has 62 heavy (non-hydrogen) atoms. The van der Waals surface area contributed by atoms with Crippen molar-refractivity contribution in [1.82, 2.24) is 9.97 Å². The highest BCUT2D eigenvalue weighted by Gasteiger charge is 2.43. The summed E-state index contributed by atoms with van der Waals surface area (Å²) in [6.07, 6.45) is 12.9. The second-order valence-electron chi connectivity index (χ2n) is 17.6. The Bertz CT molecular complexity index is 2530. The van der Waals surface area contributed by atoms with Crippen LogP contribution in [0.2, 0.25) is 0 Å². The highest BCUT2D eigenvalue weighted by Crippen LogP contribution is 2.48. The smallest absolute Gasteiger partial charge is 0.163 e. The van der Waals surface area contributed by atoms with Gasteiger partial charge in [0.15, 0.2) is 17.3 Å². The summed E-state index contributed by atoms with van der Waals surface area (Å²) in [5, 5.41) is 62.0. The minimum Gasteiger partial charge on any atom is -0.664 e. The van der Waals surface area contributed by atoms with Crippen molar-refractivity contribution in [1.29, 1.82) is 0 Å². The van der Waals surface area contributed by atoms with Crippen LogP contribution in [-0.2, 0) is 28.9 Å². The molecule has 3 heterocycles. The number of benzene rings is 3. The number of aliphatic hydroxyl groups excluding tert-OH is 2. The van der Waals surface area contributed by atoms with Gasteiger partial charge in [-0.1, -0.05) is 89.9 Å². The highest BCUT2D eigenvalue weighted by molar-refractivity contribution is 6.05. The molecule has 1 aliphatic heterocycles. The van der Waals surface area contributed by atoms with Gasteiger partial charge in [-0.05, 0) is 123 Å². The summed E-state index contributed by atoms with van der Waals surface area (Å²) < 4.78 is 6.35. The van der Waals surface area contributed by atoms with Crippen molar-refractivity contribution in [3.05, 3.63) is 146 Å². The number of Topliss-reactive ketones (excluding diaryl/α,β-unsaturated/α-hetero) is 2. The molecule has 5 aromatic rings. The Balaban J connectivity index is 1.12. The van der Waals surface area contributed by atoms with E-state index >= 15 is 4.79 Å². The molecule has 5 atom stereocenters. The van der Waals surface area contributed by atoms with E-state index in [0.717, 1.165) is 47.9 Å². The summed E-state index contributed by atoms with van der Waals surface area (Å²) in [6.45, 7) is -0.284. The average Bonchev–Trinajstić information content (AvgIpc) is 4.05. The molecule has 0 spiro atoms. The van der Waals surface area contributed by atoms with Crippen LogP contribution in [-0.4, -0.2) is 66.9 Å². The first-order chi connectivity index (χ1) is 30.1. The van der Waals surface area contributed by atoms with E-state index in [1.54, 1.807) is 42.6 Å². The molecule has 1 fully saturated rings. The quantitative estimate of drug-likeness (QED) is 0.0920. The zero-order chi connectivity index (χ0) is 43.0. The third-order valence-corrected chi connectivity index (χ3v) is 13.5. The van der Waals surface area contributed by atoms with Crippen molar-refractivity contribution >= 4 is 29.5 Å². The Morgan fingerprint density at radius 3 is 2.58 bits per heavy atom. The number of nitrogens with one attached hydrogen (secondary N) is 1. The number of aromatic amines is 1. The minimum atomic E-state index is -1.38. The second-order valence-corrected chi connectivity index (χ2v) is 17.6.